The third kappa shape index (κ3) is 4.90. The lowest BCUT2D eigenvalue weighted by Gasteiger charge is -2.30. The van der Waals surface area contributed by atoms with Crippen molar-refractivity contribution < 1.29 is 19.1 Å². The molecule has 1 N–H and O–H groups in total. The highest BCUT2D eigenvalue weighted by molar-refractivity contribution is 6.07. The number of amides is 1. The number of nitrogens with zero attached hydrogens (tertiary/aromatic N) is 2. The van der Waals surface area contributed by atoms with Crippen molar-refractivity contribution in [1.82, 2.24) is 4.98 Å². The van der Waals surface area contributed by atoms with Gasteiger partial charge in [-0.15, -0.1) is 0 Å². The smallest absolute Gasteiger partial charge is 0.411 e. The molecule has 3 aromatic rings. The number of allylic oxidation sites excluding steroid dienone is 1. The third-order valence-electron chi connectivity index (χ3n) is 5.07. The van der Waals surface area contributed by atoms with Gasteiger partial charge in [-0.2, -0.15) is 0 Å². The summed E-state index contributed by atoms with van der Waals surface area (Å²) < 4.78 is 10.0. The van der Waals surface area contributed by atoms with Gasteiger partial charge >= 0.3 is 6.09 Å². The number of benzene rings is 2. The molecule has 0 spiro atoms. The molecule has 0 radical (unpaired) electrons. The number of ketones is 1. The third-order valence-corrected chi connectivity index (χ3v) is 5.07. The zero-order valence-corrected chi connectivity index (χ0v) is 17.2. The number of carbonyl (C=O) groups is 2. The zero-order valence-electron chi connectivity index (χ0n) is 17.2. The molecule has 1 saturated heterocycles. The van der Waals surface area contributed by atoms with Crippen molar-refractivity contribution in [2.24, 2.45) is 0 Å². The number of rotatable bonds is 5. The highest BCUT2D eigenvalue weighted by atomic mass is 16.5. The van der Waals surface area contributed by atoms with E-state index in [0.717, 1.165) is 35.4 Å². The molecule has 7 nitrogen and oxygen atoms in total. The summed E-state index contributed by atoms with van der Waals surface area (Å²) in [5.74, 6) is -0.146. The lowest BCUT2D eigenvalue weighted by atomic mass is 10.1. The molecule has 1 fully saturated rings. The number of aromatic nitrogens is 1. The number of hydrogen-bond donors (Lipinski definition) is 1. The predicted molar refractivity (Wildman–Crippen MR) is 121 cm³/mol. The molecule has 1 aromatic heterocycles. The summed E-state index contributed by atoms with van der Waals surface area (Å²) in [6, 6.07) is 16.6. The summed E-state index contributed by atoms with van der Waals surface area (Å²) in [5, 5.41) is 3.64. The maximum Gasteiger partial charge on any atom is 0.411 e. The Morgan fingerprint density at radius 3 is 2.58 bits per heavy atom. The Kier molecular flexibility index (Phi) is 6.24. The topological polar surface area (TPSA) is 80.8 Å². The number of nitrogens with one attached hydrogen (secondary N) is 1. The van der Waals surface area contributed by atoms with Crippen molar-refractivity contribution >= 4 is 40.2 Å². The molecule has 2 heterocycles. The Hall–Kier alpha value is -3.71. The molecule has 158 valence electrons. The number of para-hydroxylation sites is 1. The number of fused-ring (bicyclic) bond motifs is 1. The quantitative estimate of drug-likeness (QED) is 0.496. The van der Waals surface area contributed by atoms with E-state index in [1.807, 2.05) is 24.3 Å². The number of morpholine rings is 1. The Balaban J connectivity index is 1.56. The number of carbonyl (C=O) groups excluding carboxylic acids is 2. The van der Waals surface area contributed by atoms with Crippen LogP contribution in [0.2, 0.25) is 0 Å². The van der Waals surface area contributed by atoms with Gasteiger partial charge in [0.15, 0.2) is 5.78 Å². The van der Waals surface area contributed by atoms with Crippen molar-refractivity contribution in [1.29, 1.82) is 0 Å². The van der Waals surface area contributed by atoms with Crippen molar-refractivity contribution in [3.63, 3.8) is 0 Å². The van der Waals surface area contributed by atoms with Crippen LogP contribution in [0.4, 0.5) is 16.2 Å². The fourth-order valence-corrected chi connectivity index (χ4v) is 3.47. The number of ether oxygens (including phenoxy) is 2. The molecule has 1 aliphatic heterocycles. The minimum absolute atomic E-state index is 0.146. The molecule has 1 amide bonds. The first-order valence-electron chi connectivity index (χ1n) is 10.0. The molecule has 0 aliphatic carbocycles. The van der Waals surface area contributed by atoms with Gasteiger partial charge in [0.1, 0.15) is 0 Å². The lowest BCUT2D eigenvalue weighted by Crippen LogP contribution is -2.36. The van der Waals surface area contributed by atoms with E-state index < -0.39 is 6.09 Å². The Bertz CT molecular complexity index is 1120. The maximum atomic E-state index is 12.6. The van der Waals surface area contributed by atoms with E-state index in [0.29, 0.717) is 24.5 Å². The fraction of sp³-hybridized carbons (Fsp3) is 0.208. The standard InChI is InChI=1S/C24H23N3O4/c1-30-24(29)26-18-8-6-17(7-9-18)23(28)11-10-19-16-22(27-12-14-31-15-13-27)20-4-2-3-5-21(20)25-19/h2-11,16H,12-15H2,1H3,(H,26,29)/b11-10+. The second kappa shape index (κ2) is 9.40. The Labute approximate surface area is 180 Å². The van der Waals surface area contributed by atoms with Crippen LogP contribution in [0.25, 0.3) is 17.0 Å². The first-order chi connectivity index (χ1) is 15.1. The molecule has 1 aliphatic rings. The minimum atomic E-state index is -0.558. The van der Waals surface area contributed by atoms with Gasteiger partial charge in [-0.1, -0.05) is 18.2 Å². The molecule has 0 atom stereocenters. The number of anilines is 2. The largest absolute Gasteiger partial charge is 0.453 e. The van der Waals surface area contributed by atoms with E-state index in [1.165, 1.54) is 13.2 Å². The summed E-state index contributed by atoms with van der Waals surface area (Å²) in [7, 11) is 1.29. The fourth-order valence-electron chi connectivity index (χ4n) is 3.47. The second-order valence-electron chi connectivity index (χ2n) is 7.07. The van der Waals surface area contributed by atoms with Gasteiger partial charge in [-0.25, -0.2) is 9.78 Å². The summed E-state index contributed by atoms with van der Waals surface area (Å²) in [6.07, 6.45) is 2.69. The van der Waals surface area contributed by atoms with Crippen LogP contribution >= 0.6 is 0 Å². The molecule has 7 heteroatoms. The average Bonchev–Trinajstić information content (AvgIpc) is 2.83. The van der Waals surface area contributed by atoms with Crippen molar-refractivity contribution in [2.75, 3.05) is 43.6 Å². The number of hydrogen-bond acceptors (Lipinski definition) is 6. The van der Waals surface area contributed by atoms with Gasteiger partial charge < -0.3 is 14.4 Å². The van der Waals surface area contributed by atoms with E-state index in [4.69, 9.17) is 9.72 Å². The Morgan fingerprint density at radius 2 is 1.84 bits per heavy atom. The molecular formula is C24H23N3O4. The predicted octanol–water partition coefficient (Wildman–Crippen LogP) is 4.15. The molecule has 4 rings (SSSR count). The molecular weight excluding hydrogens is 394 g/mol. The van der Waals surface area contributed by atoms with E-state index in [1.54, 1.807) is 30.3 Å². The summed E-state index contributed by atoms with van der Waals surface area (Å²) in [5.41, 5.74) is 3.77. The lowest BCUT2D eigenvalue weighted by molar-refractivity contribution is 0.104. The SMILES string of the molecule is COC(=O)Nc1ccc(C(=O)/C=C/c2cc(N3CCOCC3)c3ccccc3n2)cc1. The number of pyridine rings is 1. The molecule has 0 unspecified atom stereocenters. The van der Waals surface area contributed by atoms with E-state index in [9.17, 15) is 9.59 Å². The first kappa shape index (κ1) is 20.6. The maximum absolute atomic E-state index is 12.6. The summed E-state index contributed by atoms with van der Waals surface area (Å²) >= 11 is 0. The van der Waals surface area contributed by atoms with Gasteiger partial charge in [0.2, 0.25) is 0 Å². The van der Waals surface area contributed by atoms with Crippen LogP contribution < -0.4 is 10.2 Å². The molecule has 0 saturated carbocycles. The van der Waals surface area contributed by atoms with E-state index in [2.05, 4.69) is 21.0 Å². The van der Waals surface area contributed by atoms with Crippen LogP contribution in [-0.4, -0.2) is 50.3 Å². The van der Waals surface area contributed by atoms with Crippen LogP contribution in [-0.2, 0) is 9.47 Å². The highest BCUT2D eigenvalue weighted by Gasteiger charge is 2.15. The zero-order chi connectivity index (χ0) is 21.6. The van der Waals surface area contributed by atoms with Crippen LogP contribution in [0, 0.1) is 0 Å². The second-order valence-corrected chi connectivity index (χ2v) is 7.07. The number of methoxy groups -OCH3 is 1. The minimum Gasteiger partial charge on any atom is -0.453 e. The van der Waals surface area contributed by atoms with Gasteiger partial charge in [-0.05, 0) is 48.6 Å². The van der Waals surface area contributed by atoms with Gasteiger partial charge in [-0.3, -0.25) is 10.1 Å². The molecule has 0 bridgehead atoms. The van der Waals surface area contributed by atoms with Crippen LogP contribution in [0.5, 0.6) is 0 Å². The van der Waals surface area contributed by atoms with Crippen LogP contribution in [0.15, 0.2) is 60.7 Å². The Morgan fingerprint density at radius 1 is 1.10 bits per heavy atom. The van der Waals surface area contributed by atoms with Crippen molar-refractivity contribution in [2.45, 2.75) is 0 Å². The van der Waals surface area contributed by atoms with E-state index in [-0.39, 0.29) is 5.78 Å². The summed E-state index contributed by atoms with van der Waals surface area (Å²) in [6.45, 7) is 3.03. The average molecular weight is 417 g/mol. The molecule has 2 aromatic carbocycles. The van der Waals surface area contributed by atoms with Gasteiger partial charge in [0.05, 0.1) is 31.5 Å². The van der Waals surface area contributed by atoms with Crippen molar-refractivity contribution in [3.8, 4) is 0 Å². The highest BCUT2D eigenvalue weighted by Crippen LogP contribution is 2.28. The van der Waals surface area contributed by atoms with Gasteiger partial charge in [0, 0.05) is 35.4 Å². The van der Waals surface area contributed by atoms with E-state index >= 15 is 0 Å². The van der Waals surface area contributed by atoms with Crippen LogP contribution in [0.3, 0.4) is 0 Å². The monoisotopic (exact) mass is 417 g/mol. The van der Waals surface area contributed by atoms with Gasteiger partial charge in [0.25, 0.3) is 0 Å². The normalized spacial score (nSPS) is 14.0. The summed E-state index contributed by atoms with van der Waals surface area (Å²) in [4.78, 5) is 30.9. The van der Waals surface area contributed by atoms with Crippen LogP contribution in [0.1, 0.15) is 16.1 Å². The van der Waals surface area contributed by atoms with Crippen molar-refractivity contribution in [3.05, 3.63) is 71.9 Å². The first-order valence-corrected chi connectivity index (χ1v) is 10.0. The molecule has 31 heavy (non-hydrogen) atoms.